The van der Waals surface area contributed by atoms with Gasteiger partial charge in [0.2, 0.25) is 0 Å². The van der Waals surface area contributed by atoms with Gasteiger partial charge < -0.3 is 27.5 Å². The third-order valence-corrected chi connectivity index (χ3v) is 4.92. The number of allylic oxidation sites excluding steroid dienone is 3. The molecule has 0 aliphatic heterocycles. The Labute approximate surface area is 187 Å². The van der Waals surface area contributed by atoms with Gasteiger partial charge in [-0.15, -0.1) is 0 Å². The molecule has 3 rings (SSSR count). The molecule has 0 radical (unpaired) electrons. The van der Waals surface area contributed by atoms with Crippen LogP contribution in [0.5, 0.6) is 0 Å². The molecule has 0 saturated carbocycles. The summed E-state index contributed by atoms with van der Waals surface area (Å²) in [5.41, 5.74) is 17.3. The van der Waals surface area contributed by atoms with E-state index < -0.39 is 0 Å². The van der Waals surface area contributed by atoms with E-state index in [2.05, 4.69) is 25.6 Å². The summed E-state index contributed by atoms with van der Waals surface area (Å²) in [6.07, 6.45) is 9.85. The molecule has 0 amide bonds. The summed E-state index contributed by atoms with van der Waals surface area (Å²) in [5, 5.41) is 14.3. The van der Waals surface area contributed by atoms with Gasteiger partial charge in [-0.05, 0) is 54.1 Å². The van der Waals surface area contributed by atoms with Crippen LogP contribution in [0.3, 0.4) is 0 Å². The molecule has 3 aromatic heterocycles. The molecule has 0 aliphatic carbocycles. The SMILES string of the molecule is CN/C(=C(\C=N)c1cnc2ccc(N/C(N)=C/C(=C\N)C(C)C)nc2c1)c1cccnc1. The molecule has 0 bridgehead atoms. The van der Waals surface area contributed by atoms with Gasteiger partial charge >= 0.3 is 0 Å². The van der Waals surface area contributed by atoms with E-state index in [1.54, 1.807) is 30.9 Å². The standard InChI is InChI=1S/C24H28N8/c1-15(2)17(11-25)10-22(27)32-23-7-6-20-21(31-23)9-18(14-30-20)19(12-26)24(28-3)16-5-4-8-29-13-16/h4-15,26,28H,25,27H2,1-3H3,(H,31,32)/b17-11+,22-10+,24-19+,26-12?. The monoisotopic (exact) mass is 428 g/mol. The Hall–Kier alpha value is -4.20. The number of fused-ring (bicyclic) bond motifs is 1. The Kier molecular flexibility index (Phi) is 7.17. The minimum atomic E-state index is 0.254. The quantitative estimate of drug-likeness (QED) is 0.273. The lowest BCUT2D eigenvalue weighted by Crippen LogP contribution is -2.12. The van der Waals surface area contributed by atoms with Crippen molar-refractivity contribution >= 4 is 34.3 Å². The molecule has 8 nitrogen and oxygen atoms in total. The van der Waals surface area contributed by atoms with Gasteiger partial charge in [0, 0.05) is 48.6 Å². The van der Waals surface area contributed by atoms with Gasteiger partial charge in [0.15, 0.2) is 0 Å². The summed E-state index contributed by atoms with van der Waals surface area (Å²) >= 11 is 0. The first kappa shape index (κ1) is 22.5. The fourth-order valence-corrected chi connectivity index (χ4v) is 3.24. The minimum absolute atomic E-state index is 0.254. The number of nitrogens with zero attached hydrogens (tertiary/aromatic N) is 3. The van der Waals surface area contributed by atoms with Crippen LogP contribution in [-0.4, -0.2) is 28.2 Å². The lowest BCUT2D eigenvalue weighted by atomic mass is 10.0. The van der Waals surface area contributed by atoms with Crippen LogP contribution < -0.4 is 22.1 Å². The summed E-state index contributed by atoms with van der Waals surface area (Å²) < 4.78 is 0. The number of hydrogen-bond donors (Lipinski definition) is 5. The number of rotatable bonds is 8. The summed E-state index contributed by atoms with van der Waals surface area (Å²) in [4.78, 5) is 13.4. The van der Waals surface area contributed by atoms with E-state index in [1.165, 1.54) is 6.21 Å². The first-order valence-electron chi connectivity index (χ1n) is 10.2. The summed E-state index contributed by atoms with van der Waals surface area (Å²) in [5.74, 6) is 1.29. The number of nitrogens with one attached hydrogen (secondary N) is 3. The second kappa shape index (κ2) is 10.2. The number of nitrogens with two attached hydrogens (primary N) is 2. The molecule has 3 aromatic rings. The molecule has 3 heterocycles. The van der Waals surface area contributed by atoms with Gasteiger partial charge in [0.05, 0.1) is 16.7 Å². The maximum Gasteiger partial charge on any atom is 0.132 e. The van der Waals surface area contributed by atoms with Gasteiger partial charge in [-0.25, -0.2) is 4.98 Å². The third kappa shape index (κ3) is 5.10. The minimum Gasteiger partial charge on any atom is -0.404 e. The fourth-order valence-electron chi connectivity index (χ4n) is 3.24. The molecular weight excluding hydrogens is 400 g/mol. The van der Waals surface area contributed by atoms with Crippen molar-refractivity contribution in [1.29, 1.82) is 5.41 Å². The zero-order valence-corrected chi connectivity index (χ0v) is 18.4. The maximum atomic E-state index is 8.00. The van der Waals surface area contributed by atoms with Crippen LogP contribution in [0.2, 0.25) is 0 Å². The van der Waals surface area contributed by atoms with Gasteiger partial charge in [-0.2, -0.15) is 0 Å². The van der Waals surface area contributed by atoms with Gasteiger partial charge in [0.1, 0.15) is 11.6 Å². The average Bonchev–Trinajstić information content (AvgIpc) is 2.80. The number of anilines is 1. The van der Waals surface area contributed by atoms with Crippen LogP contribution in [-0.2, 0) is 0 Å². The fraction of sp³-hybridized carbons (Fsp3) is 0.167. The van der Waals surface area contributed by atoms with E-state index in [0.29, 0.717) is 22.7 Å². The first-order valence-corrected chi connectivity index (χ1v) is 10.2. The van der Waals surface area contributed by atoms with E-state index in [0.717, 1.165) is 27.9 Å². The lowest BCUT2D eigenvalue weighted by molar-refractivity contribution is 0.786. The smallest absolute Gasteiger partial charge is 0.132 e. The Bertz CT molecular complexity index is 1190. The van der Waals surface area contributed by atoms with Crippen LogP contribution in [0.25, 0.3) is 22.3 Å². The highest BCUT2D eigenvalue weighted by Crippen LogP contribution is 2.25. The molecule has 0 fully saturated rings. The van der Waals surface area contributed by atoms with Crippen molar-refractivity contribution in [2.45, 2.75) is 13.8 Å². The maximum absolute atomic E-state index is 8.00. The molecule has 0 spiro atoms. The second-order valence-electron chi connectivity index (χ2n) is 7.43. The molecule has 0 aliphatic rings. The van der Waals surface area contributed by atoms with Crippen molar-refractivity contribution in [2.75, 3.05) is 12.4 Å². The zero-order valence-electron chi connectivity index (χ0n) is 18.4. The second-order valence-corrected chi connectivity index (χ2v) is 7.43. The van der Waals surface area contributed by atoms with E-state index in [-0.39, 0.29) is 5.92 Å². The Morgan fingerprint density at radius 1 is 1.12 bits per heavy atom. The molecule has 164 valence electrons. The first-order chi connectivity index (χ1) is 15.5. The van der Waals surface area contributed by atoms with Crippen LogP contribution in [0.1, 0.15) is 25.0 Å². The summed E-state index contributed by atoms with van der Waals surface area (Å²) in [7, 11) is 1.82. The summed E-state index contributed by atoms with van der Waals surface area (Å²) in [6.45, 7) is 4.09. The topological polar surface area (TPSA) is 139 Å². The van der Waals surface area contributed by atoms with Crippen LogP contribution >= 0.6 is 0 Å². The molecule has 8 heteroatoms. The largest absolute Gasteiger partial charge is 0.404 e. The highest BCUT2D eigenvalue weighted by Gasteiger charge is 2.11. The highest BCUT2D eigenvalue weighted by atomic mass is 15.1. The van der Waals surface area contributed by atoms with Gasteiger partial charge in [0.25, 0.3) is 0 Å². The van der Waals surface area contributed by atoms with Crippen molar-refractivity contribution in [2.24, 2.45) is 17.4 Å². The Morgan fingerprint density at radius 3 is 2.56 bits per heavy atom. The van der Waals surface area contributed by atoms with E-state index >= 15 is 0 Å². The molecule has 0 aromatic carbocycles. The van der Waals surface area contributed by atoms with Gasteiger partial charge in [-0.3, -0.25) is 9.97 Å². The van der Waals surface area contributed by atoms with Crippen molar-refractivity contribution < 1.29 is 0 Å². The van der Waals surface area contributed by atoms with Crippen LogP contribution in [0.4, 0.5) is 5.82 Å². The lowest BCUT2D eigenvalue weighted by Gasteiger charge is -2.13. The molecular formula is C24H28N8. The molecule has 32 heavy (non-hydrogen) atoms. The zero-order chi connectivity index (χ0) is 23.1. The molecule has 0 atom stereocenters. The Morgan fingerprint density at radius 2 is 1.94 bits per heavy atom. The Balaban J connectivity index is 2.00. The number of hydrogen-bond acceptors (Lipinski definition) is 8. The van der Waals surface area contributed by atoms with Crippen molar-refractivity contribution in [3.05, 3.63) is 83.7 Å². The molecule has 7 N–H and O–H groups in total. The summed E-state index contributed by atoms with van der Waals surface area (Å²) in [6, 6.07) is 9.39. The van der Waals surface area contributed by atoms with Crippen molar-refractivity contribution in [3.63, 3.8) is 0 Å². The predicted molar refractivity (Wildman–Crippen MR) is 131 cm³/mol. The van der Waals surface area contributed by atoms with Crippen molar-refractivity contribution in [1.82, 2.24) is 20.3 Å². The highest BCUT2D eigenvalue weighted by molar-refractivity contribution is 6.18. The predicted octanol–water partition coefficient (Wildman–Crippen LogP) is 3.47. The normalized spacial score (nSPS) is 13.1. The van der Waals surface area contributed by atoms with Crippen LogP contribution in [0.15, 0.2) is 72.6 Å². The van der Waals surface area contributed by atoms with E-state index in [4.69, 9.17) is 16.9 Å². The molecule has 0 unspecified atom stereocenters. The molecule has 0 saturated heterocycles. The number of aromatic nitrogens is 3. The average molecular weight is 429 g/mol. The third-order valence-electron chi connectivity index (χ3n) is 4.92. The van der Waals surface area contributed by atoms with E-state index in [1.807, 2.05) is 51.2 Å². The number of pyridine rings is 3. The van der Waals surface area contributed by atoms with Gasteiger partial charge in [-0.1, -0.05) is 13.8 Å². The van der Waals surface area contributed by atoms with Crippen LogP contribution in [0, 0.1) is 11.3 Å². The van der Waals surface area contributed by atoms with Crippen molar-refractivity contribution in [3.8, 4) is 0 Å². The van der Waals surface area contributed by atoms with E-state index in [9.17, 15) is 0 Å².